The maximum atomic E-state index is 12.2. The van der Waals surface area contributed by atoms with Crippen LogP contribution < -0.4 is 16.0 Å². The number of anilines is 1. The lowest BCUT2D eigenvalue weighted by atomic mass is 10.1. The molecule has 1 saturated heterocycles. The molecular weight excluding hydrogens is 302 g/mol. The molecule has 24 heavy (non-hydrogen) atoms. The number of likely N-dealkylation sites (N-methyl/N-ethyl adjacent to an activating group) is 1. The Balaban J connectivity index is 1.54. The average molecular weight is 327 g/mol. The molecule has 3 rings (SSSR count). The topological polar surface area (TPSA) is 69.3 Å². The van der Waals surface area contributed by atoms with Gasteiger partial charge in [0.2, 0.25) is 0 Å². The van der Waals surface area contributed by atoms with Crippen LogP contribution in [0.3, 0.4) is 0 Å². The van der Waals surface area contributed by atoms with Gasteiger partial charge >= 0.3 is 6.03 Å². The van der Waals surface area contributed by atoms with Crippen molar-refractivity contribution in [3.63, 3.8) is 0 Å². The summed E-state index contributed by atoms with van der Waals surface area (Å²) < 4.78 is 0. The van der Waals surface area contributed by atoms with Gasteiger partial charge < -0.3 is 16.0 Å². The molecule has 2 heterocycles. The van der Waals surface area contributed by atoms with Gasteiger partial charge in [0, 0.05) is 36.8 Å². The average Bonchev–Trinajstić information content (AvgIpc) is 3.02. The third-order valence-corrected chi connectivity index (χ3v) is 4.49. The van der Waals surface area contributed by atoms with Crippen molar-refractivity contribution in [2.24, 2.45) is 0 Å². The first-order valence-electron chi connectivity index (χ1n) is 8.46. The summed E-state index contributed by atoms with van der Waals surface area (Å²) >= 11 is 0. The zero-order valence-corrected chi connectivity index (χ0v) is 14.3. The second kappa shape index (κ2) is 7.59. The summed E-state index contributed by atoms with van der Waals surface area (Å²) in [7, 11) is 2.00. The molecule has 6 heteroatoms. The third kappa shape index (κ3) is 4.01. The Morgan fingerprint density at radius 2 is 2.21 bits per heavy atom. The van der Waals surface area contributed by atoms with Crippen molar-refractivity contribution in [3.8, 4) is 0 Å². The number of nitrogens with zero attached hydrogens (tertiary/aromatic N) is 2. The highest BCUT2D eigenvalue weighted by Crippen LogP contribution is 2.22. The first-order valence-corrected chi connectivity index (χ1v) is 8.46. The molecule has 3 N–H and O–H groups in total. The van der Waals surface area contributed by atoms with Crippen LogP contribution in [0.1, 0.15) is 12.1 Å². The van der Waals surface area contributed by atoms with Crippen LogP contribution in [0.15, 0.2) is 30.3 Å². The molecule has 0 radical (unpaired) electrons. The molecule has 1 aliphatic rings. The Labute approximate surface area is 142 Å². The zero-order chi connectivity index (χ0) is 16.9. The Morgan fingerprint density at radius 1 is 1.38 bits per heavy atom. The monoisotopic (exact) mass is 327 g/mol. The van der Waals surface area contributed by atoms with E-state index in [1.807, 2.05) is 44.3 Å². The van der Waals surface area contributed by atoms with Crippen LogP contribution in [0.5, 0.6) is 0 Å². The van der Waals surface area contributed by atoms with Gasteiger partial charge in [-0.05, 0) is 39.1 Å². The lowest BCUT2D eigenvalue weighted by Crippen LogP contribution is -2.37. The SMILES string of the molecule is CNC1CCN(CCNC(=O)Nc2cc(C)nc3ccccc23)C1. The summed E-state index contributed by atoms with van der Waals surface area (Å²) in [5.41, 5.74) is 2.58. The highest BCUT2D eigenvalue weighted by atomic mass is 16.2. The van der Waals surface area contributed by atoms with Crippen molar-refractivity contribution in [1.82, 2.24) is 20.5 Å². The Kier molecular flexibility index (Phi) is 5.27. The Bertz CT molecular complexity index is 718. The van der Waals surface area contributed by atoms with Crippen LogP contribution in [0, 0.1) is 6.92 Å². The maximum absolute atomic E-state index is 12.2. The van der Waals surface area contributed by atoms with Gasteiger partial charge in [-0.1, -0.05) is 18.2 Å². The Morgan fingerprint density at radius 3 is 3.00 bits per heavy atom. The summed E-state index contributed by atoms with van der Waals surface area (Å²) in [4.78, 5) is 19.0. The number of pyridine rings is 1. The summed E-state index contributed by atoms with van der Waals surface area (Å²) in [5, 5.41) is 10.1. The third-order valence-electron chi connectivity index (χ3n) is 4.49. The fraction of sp³-hybridized carbons (Fsp3) is 0.444. The number of aromatic nitrogens is 1. The van der Waals surface area contributed by atoms with Gasteiger partial charge in [-0.15, -0.1) is 0 Å². The molecule has 1 aliphatic heterocycles. The number of para-hydroxylation sites is 1. The second-order valence-electron chi connectivity index (χ2n) is 6.28. The van der Waals surface area contributed by atoms with E-state index in [1.165, 1.54) is 6.42 Å². The fourth-order valence-corrected chi connectivity index (χ4v) is 3.18. The van der Waals surface area contributed by atoms with E-state index in [2.05, 4.69) is 25.8 Å². The van der Waals surface area contributed by atoms with Gasteiger partial charge in [0.15, 0.2) is 0 Å². The van der Waals surface area contributed by atoms with Gasteiger partial charge in [-0.25, -0.2) is 4.79 Å². The van der Waals surface area contributed by atoms with E-state index in [-0.39, 0.29) is 6.03 Å². The summed E-state index contributed by atoms with van der Waals surface area (Å²) in [6.07, 6.45) is 1.17. The molecule has 1 unspecified atom stereocenters. The number of carbonyl (C=O) groups excluding carboxylic acids is 1. The summed E-state index contributed by atoms with van der Waals surface area (Å²) in [6, 6.07) is 10.1. The number of rotatable bonds is 5. The predicted octanol–water partition coefficient (Wildman–Crippen LogP) is 1.96. The molecule has 0 bridgehead atoms. The van der Waals surface area contributed by atoms with Gasteiger partial charge in [0.25, 0.3) is 0 Å². The lowest BCUT2D eigenvalue weighted by Gasteiger charge is -2.16. The smallest absolute Gasteiger partial charge is 0.319 e. The van der Waals surface area contributed by atoms with Crippen LogP contribution in [-0.2, 0) is 0 Å². The molecule has 1 aromatic heterocycles. The van der Waals surface area contributed by atoms with E-state index < -0.39 is 0 Å². The van der Waals surface area contributed by atoms with Crippen LogP contribution >= 0.6 is 0 Å². The molecule has 0 saturated carbocycles. The highest BCUT2D eigenvalue weighted by molar-refractivity contribution is 6.00. The number of hydrogen-bond acceptors (Lipinski definition) is 4. The molecule has 2 aromatic rings. The maximum Gasteiger partial charge on any atom is 0.319 e. The number of aryl methyl sites for hydroxylation is 1. The lowest BCUT2D eigenvalue weighted by molar-refractivity contribution is 0.249. The minimum absolute atomic E-state index is 0.171. The number of urea groups is 1. The normalized spacial score (nSPS) is 18.0. The highest BCUT2D eigenvalue weighted by Gasteiger charge is 2.20. The van der Waals surface area contributed by atoms with Gasteiger partial charge in [0.05, 0.1) is 11.2 Å². The second-order valence-corrected chi connectivity index (χ2v) is 6.28. The number of fused-ring (bicyclic) bond motifs is 1. The van der Waals surface area contributed by atoms with Crippen LogP contribution in [0.25, 0.3) is 10.9 Å². The van der Waals surface area contributed by atoms with E-state index in [9.17, 15) is 4.79 Å². The van der Waals surface area contributed by atoms with Crippen molar-refractivity contribution >= 4 is 22.6 Å². The number of likely N-dealkylation sites (tertiary alicyclic amines) is 1. The number of amides is 2. The molecule has 128 valence electrons. The van der Waals surface area contributed by atoms with E-state index in [0.717, 1.165) is 41.9 Å². The molecule has 2 amide bonds. The van der Waals surface area contributed by atoms with Crippen molar-refractivity contribution < 1.29 is 4.79 Å². The van der Waals surface area contributed by atoms with Crippen molar-refractivity contribution in [1.29, 1.82) is 0 Å². The van der Waals surface area contributed by atoms with E-state index in [4.69, 9.17) is 0 Å². The van der Waals surface area contributed by atoms with E-state index >= 15 is 0 Å². The molecular formula is C18H25N5O. The van der Waals surface area contributed by atoms with E-state index in [1.54, 1.807) is 0 Å². The van der Waals surface area contributed by atoms with Crippen LogP contribution in [0.2, 0.25) is 0 Å². The molecule has 0 spiro atoms. The first-order chi connectivity index (χ1) is 11.7. The summed E-state index contributed by atoms with van der Waals surface area (Å²) in [6.45, 7) is 5.59. The van der Waals surface area contributed by atoms with Crippen molar-refractivity contribution in [2.75, 3.05) is 38.5 Å². The van der Waals surface area contributed by atoms with Crippen molar-refractivity contribution in [2.45, 2.75) is 19.4 Å². The minimum Gasteiger partial charge on any atom is -0.337 e. The molecule has 1 atom stereocenters. The molecule has 0 aliphatic carbocycles. The largest absolute Gasteiger partial charge is 0.337 e. The standard InChI is InChI=1S/C18H25N5O/c1-13-11-17(15-5-3-4-6-16(15)21-13)22-18(24)20-8-10-23-9-7-14(12-23)19-2/h3-6,11,14,19H,7-10,12H2,1-2H3,(H2,20,21,22,24). The fourth-order valence-electron chi connectivity index (χ4n) is 3.18. The number of nitrogens with one attached hydrogen (secondary N) is 3. The van der Waals surface area contributed by atoms with Gasteiger partial charge in [-0.2, -0.15) is 0 Å². The van der Waals surface area contributed by atoms with Crippen LogP contribution in [0.4, 0.5) is 10.5 Å². The number of benzene rings is 1. The first kappa shape index (κ1) is 16.7. The molecule has 1 aromatic carbocycles. The zero-order valence-electron chi connectivity index (χ0n) is 14.3. The predicted molar refractivity (Wildman–Crippen MR) is 97.4 cm³/mol. The Hall–Kier alpha value is -2.18. The van der Waals surface area contributed by atoms with Crippen molar-refractivity contribution in [3.05, 3.63) is 36.0 Å². The van der Waals surface area contributed by atoms with Gasteiger partial charge in [0.1, 0.15) is 0 Å². The molecule has 6 nitrogen and oxygen atoms in total. The summed E-state index contributed by atoms with van der Waals surface area (Å²) in [5.74, 6) is 0. The number of carbonyl (C=O) groups is 1. The number of hydrogen-bond donors (Lipinski definition) is 3. The minimum atomic E-state index is -0.171. The van der Waals surface area contributed by atoms with E-state index in [0.29, 0.717) is 12.6 Å². The molecule has 1 fully saturated rings. The van der Waals surface area contributed by atoms with Gasteiger partial charge in [-0.3, -0.25) is 9.88 Å². The van der Waals surface area contributed by atoms with Crippen LogP contribution in [-0.4, -0.2) is 55.2 Å². The quantitative estimate of drug-likeness (QED) is 0.785.